The Kier molecular flexibility index (Phi) is 3.00. The van der Waals surface area contributed by atoms with Gasteiger partial charge in [0.25, 0.3) is 0 Å². The van der Waals surface area contributed by atoms with E-state index in [0.29, 0.717) is 0 Å². The summed E-state index contributed by atoms with van der Waals surface area (Å²) in [7, 11) is 0. The number of fused-ring (bicyclic) bond motifs is 2. The van der Waals surface area contributed by atoms with Crippen LogP contribution in [0.3, 0.4) is 0 Å². The molecule has 4 rings (SSSR count). The maximum Gasteiger partial charge on any atom is 0.137 e. The van der Waals surface area contributed by atoms with E-state index in [4.69, 9.17) is 4.98 Å². The molecular formula is C16H22N4. The van der Waals surface area contributed by atoms with Gasteiger partial charge in [0.1, 0.15) is 5.65 Å². The van der Waals surface area contributed by atoms with Gasteiger partial charge in [0, 0.05) is 38.1 Å². The Morgan fingerprint density at radius 1 is 1.30 bits per heavy atom. The van der Waals surface area contributed by atoms with Gasteiger partial charge in [-0.05, 0) is 43.9 Å². The van der Waals surface area contributed by atoms with Gasteiger partial charge in [0.15, 0.2) is 0 Å². The molecule has 2 unspecified atom stereocenters. The summed E-state index contributed by atoms with van der Waals surface area (Å²) >= 11 is 0. The van der Waals surface area contributed by atoms with E-state index in [0.717, 1.165) is 24.2 Å². The first kappa shape index (κ1) is 12.4. The number of piperidine rings is 1. The molecule has 0 aliphatic carbocycles. The Balaban J connectivity index is 1.49. The van der Waals surface area contributed by atoms with E-state index in [9.17, 15) is 0 Å². The zero-order valence-corrected chi connectivity index (χ0v) is 12.0. The molecule has 20 heavy (non-hydrogen) atoms. The molecule has 0 spiro atoms. The van der Waals surface area contributed by atoms with Gasteiger partial charge in [-0.2, -0.15) is 0 Å². The van der Waals surface area contributed by atoms with E-state index in [1.807, 2.05) is 0 Å². The number of nitrogens with zero attached hydrogens (tertiary/aromatic N) is 3. The Hall–Kier alpha value is -1.39. The molecule has 4 heteroatoms. The average Bonchev–Trinajstić information content (AvgIpc) is 3.03. The van der Waals surface area contributed by atoms with Gasteiger partial charge in [-0.25, -0.2) is 4.98 Å². The molecule has 2 aliphatic rings. The van der Waals surface area contributed by atoms with Crippen molar-refractivity contribution in [3.8, 4) is 0 Å². The first-order valence-corrected chi connectivity index (χ1v) is 7.68. The van der Waals surface area contributed by atoms with Crippen LogP contribution in [0.25, 0.3) is 5.65 Å². The molecule has 2 aliphatic heterocycles. The predicted octanol–water partition coefficient (Wildman–Crippen LogP) is 1.83. The largest absolute Gasteiger partial charge is 0.314 e. The Labute approximate surface area is 119 Å². The second-order valence-electron chi connectivity index (χ2n) is 6.34. The lowest BCUT2D eigenvalue weighted by molar-refractivity contribution is 0.154. The van der Waals surface area contributed by atoms with Crippen molar-refractivity contribution in [1.29, 1.82) is 0 Å². The van der Waals surface area contributed by atoms with Crippen LogP contribution in [0.5, 0.6) is 0 Å². The van der Waals surface area contributed by atoms with Gasteiger partial charge in [-0.1, -0.05) is 6.07 Å². The van der Waals surface area contributed by atoms with Crippen LogP contribution in [0.2, 0.25) is 0 Å². The maximum atomic E-state index is 4.74. The van der Waals surface area contributed by atoms with Crippen molar-refractivity contribution in [1.82, 2.24) is 19.6 Å². The molecule has 4 heterocycles. The summed E-state index contributed by atoms with van der Waals surface area (Å²) in [6, 6.07) is 5.00. The third-order valence-corrected chi connectivity index (χ3v) is 4.77. The number of aromatic nitrogens is 2. The highest BCUT2D eigenvalue weighted by molar-refractivity contribution is 5.41. The van der Waals surface area contributed by atoms with Gasteiger partial charge < -0.3 is 9.72 Å². The van der Waals surface area contributed by atoms with Crippen LogP contribution in [-0.2, 0) is 6.54 Å². The van der Waals surface area contributed by atoms with Crippen molar-refractivity contribution in [3.63, 3.8) is 0 Å². The van der Waals surface area contributed by atoms with Crippen LogP contribution in [0, 0.1) is 12.8 Å². The molecule has 0 aromatic carbocycles. The molecule has 2 aromatic rings. The fraction of sp³-hybridized carbons (Fsp3) is 0.562. The zero-order valence-electron chi connectivity index (χ0n) is 12.0. The summed E-state index contributed by atoms with van der Waals surface area (Å²) in [6.07, 6.45) is 6.96. The lowest BCUT2D eigenvalue weighted by atomic mass is 9.93. The summed E-state index contributed by atoms with van der Waals surface area (Å²) in [5, 5.41) is 3.62. The van der Waals surface area contributed by atoms with Crippen LogP contribution in [0.1, 0.15) is 24.1 Å². The predicted molar refractivity (Wildman–Crippen MR) is 79.7 cm³/mol. The fourth-order valence-corrected chi connectivity index (χ4v) is 3.73. The molecule has 1 N–H and O–H groups in total. The number of rotatable bonds is 2. The monoisotopic (exact) mass is 270 g/mol. The summed E-state index contributed by atoms with van der Waals surface area (Å²) in [4.78, 5) is 7.31. The van der Waals surface area contributed by atoms with Crippen LogP contribution in [-0.4, -0.2) is 40.0 Å². The van der Waals surface area contributed by atoms with E-state index >= 15 is 0 Å². The minimum absolute atomic E-state index is 0.773. The molecule has 106 valence electrons. The van der Waals surface area contributed by atoms with E-state index in [1.54, 1.807) is 0 Å². The molecule has 4 nitrogen and oxygen atoms in total. The fourth-order valence-electron chi connectivity index (χ4n) is 3.73. The molecule has 2 fully saturated rings. The Morgan fingerprint density at radius 2 is 2.25 bits per heavy atom. The highest BCUT2D eigenvalue weighted by Crippen LogP contribution is 2.25. The average molecular weight is 270 g/mol. The number of aryl methyl sites for hydroxylation is 1. The third-order valence-electron chi connectivity index (χ3n) is 4.77. The number of likely N-dealkylation sites (tertiary alicyclic amines) is 1. The van der Waals surface area contributed by atoms with Crippen molar-refractivity contribution in [3.05, 3.63) is 35.8 Å². The van der Waals surface area contributed by atoms with Crippen LogP contribution < -0.4 is 5.32 Å². The van der Waals surface area contributed by atoms with Gasteiger partial charge in [-0.15, -0.1) is 0 Å². The second kappa shape index (κ2) is 4.86. The highest BCUT2D eigenvalue weighted by Gasteiger charge is 2.32. The molecule has 0 amide bonds. The van der Waals surface area contributed by atoms with Crippen LogP contribution in [0.15, 0.2) is 24.5 Å². The lowest BCUT2D eigenvalue weighted by Gasteiger charge is -2.34. The van der Waals surface area contributed by atoms with Gasteiger partial charge in [0.2, 0.25) is 0 Å². The smallest absolute Gasteiger partial charge is 0.137 e. The van der Waals surface area contributed by atoms with Gasteiger partial charge in [-0.3, -0.25) is 4.90 Å². The lowest BCUT2D eigenvalue weighted by Crippen LogP contribution is -2.43. The second-order valence-corrected chi connectivity index (χ2v) is 6.34. The molecule has 0 bridgehead atoms. The van der Waals surface area contributed by atoms with E-state index in [1.165, 1.54) is 43.7 Å². The van der Waals surface area contributed by atoms with Crippen molar-refractivity contribution in [2.75, 3.05) is 19.6 Å². The van der Waals surface area contributed by atoms with Crippen molar-refractivity contribution in [2.24, 2.45) is 5.92 Å². The normalized spacial score (nSPS) is 27.1. The SMILES string of the molecule is Cc1ccc2nc(CN3CCC4NCCC4C3)cn2c1. The van der Waals surface area contributed by atoms with Gasteiger partial charge in [0.05, 0.1) is 5.69 Å². The molecular weight excluding hydrogens is 248 g/mol. The minimum atomic E-state index is 0.773. The molecule has 0 radical (unpaired) electrons. The summed E-state index contributed by atoms with van der Waals surface area (Å²) in [5.41, 5.74) is 3.53. The topological polar surface area (TPSA) is 32.6 Å². The molecule has 2 atom stereocenters. The zero-order chi connectivity index (χ0) is 13.5. The number of pyridine rings is 1. The first-order valence-electron chi connectivity index (χ1n) is 7.68. The van der Waals surface area contributed by atoms with Crippen LogP contribution in [0.4, 0.5) is 0 Å². The number of hydrogen-bond acceptors (Lipinski definition) is 3. The van der Waals surface area contributed by atoms with Gasteiger partial charge >= 0.3 is 0 Å². The van der Waals surface area contributed by atoms with E-state index < -0.39 is 0 Å². The molecule has 0 saturated carbocycles. The van der Waals surface area contributed by atoms with E-state index in [-0.39, 0.29) is 0 Å². The third kappa shape index (κ3) is 2.23. The van der Waals surface area contributed by atoms with Crippen molar-refractivity contribution >= 4 is 5.65 Å². The molecule has 2 aromatic heterocycles. The van der Waals surface area contributed by atoms with Crippen molar-refractivity contribution in [2.45, 2.75) is 32.4 Å². The number of hydrogen-bond donors (Lipinski definition) is 1. The molecule has 2 saturated heterocycles. The van der Waals surface area contributed by atoms with Crippen LogP contribution >= 0.6 is 0 Å². The Morgan fingerprint density at radius 3 is 3.20 bits per heavy atom. The first-order chi connectivity index (χ1) is 9.78. The minimum Gasteiger partial charge on any atom is -0.314 e. The quantitative estimate of drug-likeness (QED) is 0.903. The highest BCUT2D eigenvalue weighted by atomic mass is 15.2. The van der Waals surface area contributed by atoms with Crippen molar-refractivity contribution < 1.29 is 0 Å². The number of nitrogens with one attached hydrogen (secondary N) is 1. The Bertz CT molecular complexity index is 618. The summed E-state index contributed by atoms with van der Waals surface area (Å²) in [5.74, 6) is 0.850. The number of imidazole rings is 1. The maximum absolute atomic E-state index is 4.74. The standard InChI is InChI=1S/C16H22N4/c1-12-2-3-16-18-14(11-20(16)8-12)10-19-7-5-15-13(9-19)4-6-17-15/h2-3,8,11,13,15,17H,4-7,9-10H2,1H3. The summed E-state index contributed by atoms with van der Waals surface area (Å²) in [6.45, 7) is 6.74. The summed E-state index contributed by atoms with van der Waals surface area (Å²) < 4.78 is 2.15. The van der Waals surface area contributed by atoms with E-state index in [2.05, 4.69) is 46.1 Å².